The number of pyridine rings is 1. The maximum atomic E-state index is 12.8. The number of carbonyl (C=O) groups is 1. The first kappa shape index (κ1) is 17.1. The van der Waals surface area contributed by atoms with Crippen molar-refractivity contribution in [2.75, 3.05) is 0 Å². The van der Waals surface area contributed by atoms with Crippen LogP contribution in [0.1, 0.15) is 43.6 Å². The number of aromatic nitrogens is 3. The third-order valence-electron chi connectivity index (χ3n) is 3.94. The number of amides is 1. The largest absolute Gasteiger partial charge is 0.336 e. The summed E-state index contributed by atoms with van der Waals surface area (Å²) in [7, 11) is 0. The Hall–Kier alpha value is -2.72. The fraction of sp³-hybridized carbons (Fsp3) is 0.333. The topological polar surface area (TPSA) is 83.6 Å². The molecule has 3 heterocycles. The van der Waals surface area contributed by atoms with Crippen LogP contribution in [-0.4, -0.2) is 26.7 Å². The summed E-state index contributed by atoms with van der Waals surface area (Å²) in [5.74, 6) is -0.276. The first-order valence-electron chi connectivity index (χ1n) is 8.17. The molecule has 0 aliphatic carbocycles. The molecule has 1 N–H and O–H groups in total. The van der Waals surface area contributed by atoms with Crippen molar-refractivity contribution in [3.63, 3.8) is 0 Å². The molecule has 3 aromatic heterocycles. The Morgan fingerprint density at radius 1 is 1.48 bits per heavy atom. The summed E-state index contributed by atoms with van der Waals surface area (Å²) < 4.78 is 1.81. The maximum Gasteiger partial charge on any atom is 0.253 e. The number of hydrogen-bond acceptors (Lipinski definition) is 5. The van der Waals surface area contributed by atoms with E-state index in [1.165, 1.54) is 0 Å². The molecule has 1 atom stereocenters. The molecule has 0 spiro atoms. The van der Waals surface area contributed by atoms with Gasteiger partial charge in [-0.3, -0.25) is 4.79 Å². The highest BCUT2D eigenvalue weighted by Crippen LogP contribution is 2.28. The second kappa shape index (κ2) is 7.03. The number of nitrogens with one attached hydrogen (secondary N) is 1. The van der Waals surface area contributed by atoms with Crippen molar-refractivity contribution in [3.05, 3.63) is 35.3 Å². The molecule has 3 rings (SSSR count). The number of hydrogen-bond donors (Lipinski definition) is 1. The number of nitriles is 1. The Balaban J connectivity index is 2.16. The number of rotatable bonds is 5. The molecule has 0 saturated carbocycles. The maximum absolute atomic E-state index is 12.8. The van der Waals surface area contributed by atoms with Gasteiger partial charge in [-0.05, 0) is 37.8 Å². The molecule has 3 aromatic rings. The first-order valence-corrected chi connectivity index (χ1v) is 9.05. The second-order valence-corrected chi connectivity index (χ2v) is 6.96. The monoisotopic (exact) mass is 353 g/mol. The fourth-order valence-electron chi connectivity index (χ4n) is 2.60. The van der Waals surface area contributed by atoms with E-state index in [4.69, 9.17) is 10.2 Å². The molecule has 7 heteroatoms. The normalized spacial score (nSPS) is 12.3. The van der Waals surface area contributed by atoms with Gasteiger partial charge in [0.25, 0.3) is 5.91 Å². The standard InChI is InChI=1S/C18H19N5OS/c1-4-12(9-19)21-18(24)13-8-15(16-6-5-7-25-16)22-17-14(13)10-20-23(17)11(2)3/h5-8,10-12H,4H2,1-3H3,(H,21,24)/t12-/m1/s1. The van der Waals surface area contributed by atoms with Gasteiger partial charge >= 0.3 is 0 Å². The van der Waals surface area contributed by atoms with Crippen LogP contribution in [-0.2, 0) is 0 Å². The summed E-state index contributed by atoms with van der Waals surface area (Å²) in [4.78, 5) is 18.5. The van der Waals surface area contributed by atoms with E-state index in [0.29, 0.717) is 23.0 Å². The molecule has 0 saturated heterocycles. The minimum Gasteiger partial charge on any atom is -0.336 e. The third kappa shape index (κ3) is 3.26. The van der Waals surface area contributed by atoms with Crippen LogP contribution >= 0.6 is 11.3 Å². The van der Waals surface area contributed by atoms with Crippen LogP contribution in [0.2, 0.25) is 0 Å². The van der Waals surface area contributed by atoms with Crippen molar-refractivity contribution < 1.29 is 4.79 Å². The van der Waals surface area contributed by atoms with E-state index in [1.54, 1.807) is 23.6 Å². The molecule has 0 unspecified atom stereocenters. The zero-order valence-corrected chi connectivity index (χ0v) is 15.2. The molecule has 0 fully saturated rings. The van der Waals surface area contributed by atoms with Gasteiger partial charge in [-0.1, -0.05) is 13.0 Å². The van der Waals surface area contributed by atoms with Crippen LogP contribution in [0.25, 0.3) is 21.6 Å². The predicted octanol–water partition coefficient (Wildman–Crippen LogP) is 3.77. The Labute approximate surface area is 150 Å². The number of thiophene rings is 1. The van der Waals surface area contributed by atoms with Gasteiger partial charge in [0.2, 0.25) is 0 Å². The van der Waals surface area contributed by atoms with Crippen molar-refractivity contribution in [3.8, 4) is 16.6 Å². The van der Waals surface area contributed by atoms with Crippen LogP contribution in [0.5, 0.6) is 0 Å². The Morgan fingerprint density at radius 3 is 2.88 bits per heavy atom. The van der Waals surface area contributed by atoms with Gasteiger partial charge in [-0.2, -0.15) is 10.4 Å². The lowest BCUT2D eigenvalue weighted by Gasteiger charge is -2.12. The quantitative estimate of drug-likeness (QED) is 0.757. The highest BCUT2D eigenvalue weighted by Gasteiger charge is 2.20. The molecule has 0 aliphatic rings. The van der Waals surface area contributed by atoms with Crippen LogP contribution in [0.4, 0.5) is 0 Å². The van der Waals surface area contributed by atoms with E-state index in [-0.39, 0.29) is 11.9 Å². The van der Waals surface area contributed by atoms with Crippen LogP contribution in [0, 0.1) is 11.3 Å². The number of nitrogens with zero attached hydrogens (tertiary/aromatic N) is 4. The highest BCUT2D eigenvalue weighted by atomic mass is 32.1. The van der Waals surface area contributed by atoms with Crippen molar-refractivity contribution in [1.29, 1.82) is 5.26 Å². The SMILES string of the molecule is CC[C@H](C#N)NC(=O)c1cc(-c2cccs2)nc2c1cnn2C(C)C. The van der Waals surface area contributed by atoms with E-state index in [0.717, 1.165) is 10.6 Å². The molecule has 6 nitrogen and oxygen atoms in total. The van der Waals surface area contributed by atoms with E-state index >= 15 is 0 Å². The minimum absolute atomic E-state index is 0.127. The van der Waals surface area contributed by atoms with E-state index < -0.39 is 6.04 Å². The summed E-state index contributed by atoms with van der Waals surface area (Å²) in [6, 6.07) is 7.42. The van der Waals surface area contributed by atoms with E-state index in [2.05, 4.69) is 16.5 Å². The number of carbonyl (C=O) groups excluding carboxylic acids is 1. The summed E-state index contributed by atoms with van der Waals surface area (Å²) >= 11 is 1.57. The predicted molar refractivity (Wildman–Crippen MR) is 98.4 cm³/mol. The van der Waals surface area contributed by atoms with Crippen LogP contribution < -0.4 is 5.32 Å². The smallest absolute Gasteiger partial charge is 0.253 e. The molecule has 0 bridgehead atoms. The average molecular weight is 353 g/mol. The number of fused-ring (bicyclic) bond motifs is 1. The molecular formula is C18H19N5OS. The van der Waals surface area contributed by atoms with Gasteiger partial charge < -0.3 is 5.32 Å². The van der Waals surface area contributed by atoms with Gasteiger partial charge in [0.05, 0.1) is 33.8 Å². The molecule has 0 aliphatic heterocycles. The van der Waals surface area contributed by atoms with Crippen molar-refractivity contribution in [2.24, 2.45) is 0 Å². The van der Waals surface area contributed by atoms with Gasteiger partial charge in [0, 0.05) is 6.04 Å². The zero-order valence-electron chi connectivity index (χ0n) is 14.4. The second-order valence-electron chi connectivity index (χ2n) is 6.02. The fourth-order valence-corrected chi connectivity index (χ4v) is 3.28. The lowest BCUT2D eigenvalue weighted by atomic mass is 10.1. The van der Waals surface area contributed by atoms with Crippen molar-refractivity contribution >= 4 is 28.3 Å². The molecule has 25 heavy (non-hydrogen) atoms. The average Bonchev–Trinajstić information content (AvgIpc) is 3.27. The lowest BCUT2D eigenvalue weighted by molar-refractivity contribution is 0.0946. The Bertz CT molecular complexity index is 936. The van der Waals surface area contributed by atoms with Crippen LogP contribution in [0.3, 0.4) is 0 Å². The lowest BCUT2D eigenvalue weighted by Crippen LogP contribution is -2.33. The first-order chi connectivity index (χ1) is 12.0. The van der Waals surface area contributed by atoms with Crippen molar-refractivity contribution in [1.82, 2.24) is 20.1 Å². The summed E-state index contributed by atoms with van der Waals surface area (Å²) in [6.45, 7) is 5.91. The Kier molecular flexibility index (Phi) is 4.81. The van der Waals surface area contributed by atoms with Gasteiger partial charge in [0.15, 0.2) is 5.65 Å². The third-order valence-corrected chi connectivity index (χ3v) is 4.84. The summed E-state index contributed by atoms with van der Waals surface area (Å²) in [5, 5.41) is 19.0. The minimum atomic E-state index is -0.513. The molecule has 1 amide bonds. The van der Waals surface area contributed by atoms with E-state index in [1.807, 2.05) is 43.0 Å². The van der Waals surface area contributed by atoms with Gasteiger partial charge in [0.1, 0.15) is 6.04 Å². The van der Waals surface area contributed by atoms with Gasteiger partial charge in [-0.15, -0.1) is 11.3 Å². The van der Waals surface area contributed by atoms with E-state index in [9.17, 15) is 4.79 Å². The zero-order chi connectivity index (χ0) is 18.0. The Morgan fingerprint density at radius 2 is 2.28 bits per heavy atom. The molecule has 0 aromatic carbocycles. The van der Waals surface area contributed by atoms with Crippen molar-refractivity contribution in [2.45, 2.75) is 39.3 Å². The van der Waals surface area contributed by atoms with Crippen LogP contribution in [0.15, 0.2) is 29.8 Å². The van der Waals surface area contributed by atoms with Gasteiger partial charge in [-0.25, -0.2) is 9.67 Å². The molecular weight excluding hydrogens is 334 g/mol. The molecule has 0 radical (unpaired) electrons. The highest BCUT2D eigenvalue weighted by molar-refractivity contribution is 7.13. The summed E-state index contributed by atoms with van der Waals surface area (Å²) in [5.41, 5.74) is 1.91. The summed E-state index contributed by atoms with van der Waals surface area (Å²) in [6.07, 6.45) is 2.22. The molecule has 128 valence electrons.